The lowest BCUT2D eigenvalue weighted by molar-refractivity contribution is -0.138. The number of alkyl halides is 3. The summed E-state index contributed by atoms with van der Waals surface area (Å²) in [6.45, 7) is 2.85. The zero-order chi connectivity index (χ0) is 34.2. The van der Waals surface area contributed by atoms with Gasteiger partial charge < -0.3 is 9.64 Å². The molecule has 49 heavy (non-hydrogen) atoms. The molecular formula is C35H32F4N6O3S. The van der Waals surface area contributed by atoms with Gasteiger partial charge in [0.15, 0.2) is 0 Å². The minimum absolute atomic E-state index is 0.0181. The van der Waals surface area contributed by atoms with Crippen molar-refractivity contribution in [2.75, 3.05) is 31.1 Å². The number of hydrogen-bond acceptors (Lipinski definition) is 7. The van der Waals surface area contributed by atoms with Crippen molar-refractivity contribution in [2.45, 2.75) is 37.3 Å². The van der Waals surface area contributed by atoms with Gasteiger partial charge in [-0.05, 0) is 35.9 Å². The van der Waals surface area contributed by atoms with E-state index in [-0.39, 0.29) is 47.4 Å². The van der Waals surface area contributed by atoms with Crippen LogP contribution in [0.5, 0.6) is 11.5 Å². The topological polar surface area (TPSA) is 83.8 Å². The van der Waals surface area contributed by atoms with Gasteiger partial charge in [-0.15, -0.1) is 5.10 Å². The molecule has 0 aliphatic carbocycles. The highest BCUT2D eigenvalue weighted by Crippen LogP contribution is 2.39. The van der Waals surface area contributed by atoms with E-state index in [2.05, 4.69) is 20.1 Å². The van der Waals surface area contributed by atoms with Gasteiger partial charge in [-0.25, -0.2) is 17.5 Å². The Hall–Kier alpha value is -4.79. The molecule has 9 nitrogen and oxygen atoms in total. The van der Waals surface area contributed by atoms with E-state index in [0.29, 0.717) is 49.6 Å². The molecule has 0 unspecified atom stereocenters. The molecule has 254 valence electrons. The highest BCUT2D eigenvalue weighted by Gasteiger charge is 2.34. The molecule has 0 spiro atoms. The smallest absolute Gasteiger partial charge is 0.416 e. The summed E-state index contributed by atoms with van der Waals surface area (Å²) in [6, 6.07) is 24.2. The zero-order valence-electron chi connectivity index (χ0n) is 26.2. The first-order valence-corrected chi connectivity index (χ1v) is 17.1. The normalized spacial score (nSPS) is 16.7. The van der Waals surface area contributed by atoms with E-state index >= 15 is 0 Å². The summed E-state index contributed by atoms with van der Waals surface area (Å²) in [5.41, 5.74) is 1.61. The summed E-state index contributed by atoms with van der Waals surface area (Å²) in [5, 5.41) is 8.11. The fourth-order valence-corrected chi connectivity index (χ4v) is 7.69. The molecule has 0 bridgehead atoms. The number of aromatic nitrogens is 3. The quantitative estimate of drug-likeness (QED) is 0.185. The monoisotopic (exact) mass is 692 g/mol. The van der Waals surface area contributed by atoms with Crippen LogP contribution in [-0.2, 0) is 42.4 Å². The van der Waals surface area contributed by atoms with Gasteiger partial charge in [0.1, 0.15) is 22.2 Å². The molecule has 0 N–H and O–H groups in total. The van der Waals surface area contributed by atoms with E-state index < -0.39 is 21.8 Å². The Balaban J connectivity index is 1.12. The average molecular weight is 693 g/mol. The zero-order valence-corrected chi connectivity index (χ0v) is 27.0. The molecule has 0 radical (unpaired) electrons. The van der Waals surface area contributed by atoms with Gasteiger partial charge in [0.05, 0.1) is 30.5 Å². The average Bonchev–Trinajstić information content (AvgIpc) is 3.52. The van der Waals surface area contributed by atoms with E-state index in [1.807, 2.05) is 12.1 Å². The van der Waals surface area contributed by atoms with Gasteiger partial charge in [0.25, 0.3) is 0 Å². The number of sulfonamides is 1. The van der Waals surface area contributed by atoms with E-state index in [1.165, 1.54) is 45.5 Å². The lowest BCUT2D eigenvalue weighted by Gasteiger charge is -2.36. The van der Waals surface area contributed by atoms with Gasteiger partial charge in [0.2, 0.25) is 10.0 Å². The van der Waals surface area contributed by atoms with E-state index in [0.717, 1.165) is 11.8 Å². The maximum absolute atomic E-state index is 14.2. The molecule has 2 aliphatic heterocycles. The van der Waals surface area contributed by atoms with Crippen molar-refractivity contribution in [3.05, 3.63) is 131 Å². The lowest BCUT2D eigenvalue weighted by atomic mass is 10.1. The van der Waals surface area contributed by atoms with Gasteiger partial charge >= 0.3 is 6.18 Å². The fraction of sp³-hybridized carbons (Fsp3) is 0.257. The molecule has 4 aromatic carbocycles. The summed E-state index contributed by atoms with van der Waals surface area (Å²) >= 11 is 0. The number of hydrogen-bond donors (Lipinski definition) is 0. The Labute approximate surface area is 281 Å². The maximum Gasteiger partial charge on any atom is 0.416 e. The van der Waals surface area contributed by atoms with E-state index in [1.54, 1.807) is 42.5 Å². The van der Waals surface area contributed by atoms with Crippen molar-refractivity contribution < 1.29 is 30.7 Å². The second kappa shape index (κ2) is 13.3. The third-order valence-electron chi connectivity index (χ3n) is 8.75. The summed E-state index contributed by atoms with van der Waals surface area (Å²) in [5.74, 6) is 0.453. The number of benzene rings is 4. The van der Waals surface area contributed by atoms with Crippen molar-refractivity contribution in [1.82, 2.24) is 24.2 Å². The molecule has 3 heterocycles. The Kier molecular flexibility index (Phi) is 8.86. The summed E-state index contributed by atoms with van der Waals surface area (Å²) in [7, 11) is -4.13. The number of piperazine rings is 1. The molecule has 1 fully saturated rings. The second-order valence-electron chi connectivity index (χ2n) is 12.0. The third kappa shape index (κ3) is 7.02. The number of para-hydroxylation sites is 1. The number of fused-ring (bicyclic) bond motifs is 2. The van der Waals surface area contributed by atoms with Gasteiger partial charge in [-0.2, -0.15) is 17.5 Å². The predicted octanol–water partition coefficient (Wildman–Crippen LogP) is 6.30. The molecule has 1 aromatic heterocycles. The van der Waals surface area contributed by atoms with Gasteiger partial charge in [-0.1, -0.05) is 59.8 Å². The summed E-state index contributed by atoms with van der Waals surface area (Å²) in [6.07, 6.45) is -3.07. The molecule has 7 rings (SSSR count). The van der Waals surface area contributed by atoms with Crippen LogP contribution in [0.2, 0.25) is 0 Å². The molecule has 1 saturated heterocycles. The van der Waals surface area contributed by atoms with E-state index in [9.17, 15) is 26.0 Å². The van der Waals surface area contributed by atoms with Crippen LogP contribution in [0.15, 0.2) is 102 Å². The minimum Gasteiger partial charge on any atom is -0.456 e. The van der Waals surface area contributed by atoms with Crippen molar-refractivity contribution in [1.29, 1.82) is 0 Å². The second-order valence-corrected chi connectivity index (χ2v) is 13.9. The number of halogens is 4. The Bertz CT molecular complexity index is 2080. The van der Waals surface area contributed by atoms with Crippen LogP contribution in [0.4, 0.5) is 23.2 Å². The summed E-state index contributed by atoms with van der Waals surface area (Å²) in [4.78, 5) is 4.31. The first-order chi connectivity index (χ1) is 23.5. The van der Waals surface area contributed by atoms with Gasteiger partial charge in [0, 0.05) is 62.1 Å². The van der Waals surface area contributed by atoms with Crippen molar-refractivity contribution in [3.8, 4) is 11.5 Å². The van der Waals surface area contributed by atoms with Crippen LogP contribution in [0, 0.1) is 5.82 Å². The Morgan fingerprint density at radius 1 is 0.776 bits per heavy atom. The van der Waals surface area contributed by atoms with Crippen molar-refractivity contribution in [3.63, 3.8) is 0 Å². The van der Waals surface area contributed by atoms with Crippen LogP contribution in [0.25, 0.3) is 0 Å². The third-order valence-corrected chi connectivity index (χ3v) is 10.6. The molecule has 0 saturated carbocycles. The summed E-state index contributed by atoms with van der Waals surface area (Å²) < 4.78 is 92.0. The van der Waals surface area contributed by atoms with Crippen LogP contribution >= 0.6 is 0 Å². The number of anilines is 1. The molecule has 2 aliphatic rings. The van der Waals surface area contributed by atoms with Crippen LogP contribution in [0.3, 0.4) is 0 Å². The van der Waals surface area contributed by atoms with Crippen LogP contribution in [-0.4, -0.2) is 58.8 Å². The number of rotatable bonds is 7. The Morgan fingerprint density at radius 3 is 2.27 bits per heavy atom. The van der Waals surface area contributed by atoms with Crippen molar-refractivity contribution in [2.24, 2.45) is 0 Å². The maximum atomic E-state index is 14.2. The SMILES string of the molecule is O=S1(=O)c2ccc(N3CCN(Cc4ccccc4F)CC3)cc2Oc2ccccc2CN1Cc1cn(Cc2ccccc2C(F)(F)F)nn1. The first kappa shape index (κ1) is 32.7. The molecular weight excluding hydrogens is 660 g/mol. The predicted molar refractivity (Wildman–Crippen MR) is 174 cm³/mol. The molecule has 0 amide bonds. The lowest BCUT2D eigenvalue weighted by Crippen LogP contribution is -2.46. The molecule has 14 heteroatoms. The van der Waals surface area contributed by atoms with Gasteiger partial charge in [-0.3, -0.25) is 4.90 Å². The van der Waals surface area contributed by atoms with Crippen LogP contribution in [0.1, 0.15) is 27.9 Å². The molecule has 0 atom stereocenters. The first-order valence-electron chi connectivity index (χ1n) is 15.7. The number of ether oxygens (including phenoxy) is 1. The fourth-order valence-electron chi connectivity index (χ4n) is 6.20. The number of nitrogens with zero attached hydrogens (tertiary/aromatic N) is 6. The largest absolute Gasteiger partial charge is 0.456 e. The standard InChI is InChI=1S/C35H32F4N6O3S/c36-31-11-5-2-8-26(31)20-42-15-17-43(18-16-42)29-13-14-34-33(19-29)48-32-12-6-3-9-27(32)22-45(49(34,46)47)24-28-23-44(41-40-28)21-25-7-1-4-10-30(25)35(37,38)39/h1-14,19,23H,15-18,20-22,24H2. The Morgan fingerprint density at radius 2 is 1.49 bits per heavy atom. The highest BCUT2D eigenvalue weighted by molar-refractivity contribution is 7.89. The minimum atomic E-state index is -4.53. The molecule has 5 aromatic rings. The highest BCUT2D eigenvalue weighted by atomic mass is 32.2. The van der Waals surface area contributed by atoms with E-state index in [4.69, 9.17) is 4.74 Å². The van der Waals surface area contributed by atoms with Crippen LogP contribution < -0.4 is 9.64 Å². The van der Waals surface area contributed by atoms with Crippen molar-refractivity contribution >= 4 is 15.7 Å².